The van der Waals surface area contributed by atoms with Gasteiger partial charge < -0.3 is 20.9 Å². The maximum atomic E-state index is 13.1. The summed E-state index contributed by atoms with van der Waals surface area (Å²) in [7, 11) is 0. The average molecular weight is 444 g/mol. The van der Waals surface area contributed by atoms with Crippen molar-refractivity contribution in [2.75, 3.05) is 28.6 Å². The number of amides is 3. The molecule has 4 rings (SSSR count). The van der Waals surface area contributed by atoms with E-state index in [4.69, 9.17) is 0 Å². The first kappa shape index (κ1) is 22.3. The normalized spacial score (nSPS) is 13.0. The average Bonchev–Trinajstić information content (AvgIpc) is 3.35. The highest BCUT2D eigenvalue weighted by Gasteiger charge is 2.20. The minimum absolute atomic E-state index is 0.181. The number of hydrogen-bond acceptors (Lipinski definition) is 4. The summed E-state index contributed by atoms with van der Waals surface area (Å²) in [5.74, 6) is -0.181. The van der Waals surface area contributed by atoms with Crippen molar-refractivity contribution < 1.29 is 9.59 Å². The minimum Gasteiger partial charge on any atom is -0.371 e. The smallest absolute Gasteiger partial charge is 0.323 e. The van der Waals surface area contributed by atoms with Gasteiger partial charge in [-0.3, -0.25) is 9.78 Å². The maximum Gasteiger partial charge on any atom is 0.323 e. The summed E-state index contributed by atoms with van der Waals surface area (Å²) in [5.41, 5.74) is 5.69. The first-order chi connectivity index (χ1) is 16.0. The van der Waals surface area contributed by atoms with Gasteiger partial charge in [0.2, 0.25) is 0 Å². The minimum atomic E-state index is -0.344. The van der Waals surface area contributed by atoms with Crippen molar-refractivity contribution in [3.8, 4) is 0 Å². The number of benzene rings is 2. The largest absolute Gasteiger partial charge is 0.371 e. The molecule has 3 aromatic rings. The van der Waals surface area contributed by atoms with Crippen LogP contribution in [0.15, 0.2) is 60.9 Å². The van der Waals surface area contributed by atoms with Crippen LogP contribution in [0.25, 0.3) is 0 Å². The first-order valence-corrected chi connectivity index (χ1v) is 11.2. The van der Waals surface area contributed by atoms with E-state index >= 15 is 0 Å². The Morgan fingerprint density at radius 3 is 2.42 bits per heavy atom. The summed E-state index contributed by atoms with van der Waals surface area (Å²) < 4.78 is 0. The summed E-state index contributed by atoms with van der Waals surface area (Å²) >= 11 is 0. The molecule has 170 valence electrons. The highest BCUT2D eigenvalue weighted by Crippen LogP contribution is 2.28. The Bertz CT molecular complexity index is 1120. The van der Waals surface area contributed by atoms with Crippen LogP contribution in [0.3, 0.4) is 0 Å². The van der Waals surface area contributed by atoms with E-state index in [-0.39, 0.29) is 11.9 Å². The van der Waals surface area contributed by atoms with Crippen LogP contribution in [0.1, 0.15) is 39.9 Å². The van der Waals surface area contributed by atoms with Crippen molar-refractivity contribution in [3.05, 3.63) is 83.2 Å². The zero-order valence-electron chi connectivity index (χ0n) is 19.0. The maximum absolute atomic E-state index is 13.1. The highest BCUT2D eigenvalue weighted by molar-refractivity contribution is 6.04. The lowest BCUT2D eigenvalue weighted by Gasteiger charge is -2.22. The number of aromatic nitrogens is 1. The standard InChI is InChI=1S/C26H29N5O2/c1-18-7-5-8-19(2)24(18)30-26(33)29-21-10-11-23(31-13-3-4-14-31)22(15-21)25(32)28-17-20-9-6-12-27-16-20/h5-12,15-16H,3-4,13-14,17H2,1-2H3,(H,28,32)(H2,29,30,33). The quantitative estimate of drug-likeness (QED) is 0.507. The predicted octanol–water partition coefficient (Wildman–Crippen LogP) is 4.87. The second-order valence-electron chi connectivity index (χ2n) is 8.32. The number of hydrogen-bond donors (Lipinski definition) is 3. The zero-order chi connectivity index (χ0) is 23.2. The fraction of sp³-hybridized carbons (Fsp3) is 0.269. The number of pyridine rings is 1. The Kier molecular flexibility index (Phi) is 6.88. The molecule has 7 heteroatoms. The monoisotopic (exact) mass is 443 g/mol. The van der Waals surface area contributed by atoms with Crippen LogP contribution in [0.2, 0.25) is 0 Å². The van der Waals surface area contributed by atoms with Crippen molar-refractivity contribution in [2.24, 2.45) is 0 Å². The third kappa shape index (κ3) is 5.49. The SMILES string of the molecule is Cc1cccc(C)c1NC(=O)Nc1ccc(N2CCCC2)c(C(=O)NCc2cccnc2)c1. The molecular weight excluding hydrogens is 414 g/mol. The highest BCUT2D eigenvalue weighted by atomic mass is 16.2. The summed E-state index contributed by atoms with van der Waals surface area (Å²) in [6, 6.07) is 14.8. The molecule has 0 saturated carbocycles. The lowest BCUT2D eigenvalue weighted by Crippen LogP contribution is -2.28. The van der Waals surface area contributed by atoms with E-state index in [1.807, 2.05) is 56.3 Å². The van der Waals surface area contributed by atoms with Gasteiger partial charge in [0.05, 0.1) is 5.56 Å². The molecule has 2 aromatic carbocycles. The second kappa shape index (κ2) is 10.2. The molecule has 0 unspecified atom stereocenters. The number of carbonyl (C=O) groups is 2. The number of para-hydroxylation sites is 1. The molecule has 1 aliphatic heterocycles. The molecule has 0 spiro atoms. The van der Waals surface area contributed by atoms with Gasteiger partial charge >= 0.3 is 6.03 Å². The van der Waals surface area contributed by atoms with Crippen LogP contribution < -0.4 is 20.9 Å². The topological polar surface area (TPSA) is 86.4 Å². The Hall–Kier alpha value is -3.87. The number of carbonyl (C=O) groups excluding carboxylic acids is 2. The molecule has 7 nitrogen and oxygen atoms in total. The van der Waals surface area contributed by atoms with Crippen molar-refractivity contribution >= 4 is 29.0 Å². The number of urea groups is 1. The van der Waals surface area contributed by atoms with Gasteiger partial charge in [-0.2, -0.15) is 0 Å². The van der Waals surface area contributed by atoms with Gasteiger partial charge in [0.1, 0.15) is 0 Å². The van der Waals surface area contributed by atoms with Crippen LogP contribution >= 0.6 is 0 Å². The molecule has 0 radical (unpaired) electrons. The predicted molar refractivity (Wildman–Crippen MR) is 132 cm³/mol. The number of nitrogens with one attached hydrogen (secondary N) is 3. The molecule has 1 fully saturated rings. The Morgan fingerprint density at radius 2 is 1.73 bits per heavy atom. The molecule has 33 heavy (non-hydrogen) atoms. The lowest BCUT2D eigenvalue weighted by molar-refractivity contribution is 0.0951. The summed E-state index contributed by atoms with van der Waals surface area (Å²) in [4.78, 5) is 32.1. The molecule has 0 atom stereocenters. The number of aryl methyl sites for hydroxylation is 2. The Morgan fingerprint density at radius 1 is 0.970 bits per heavy atom. The molecule has 0 bridgehead atoms. The second-order valence-corrected chi connectivity index (χ2v) is 8.32. The molecule has 3 amide bonds. The van der Waals surface area contributed by atoms with Crippen LogP contribution in [-0.2, 0) is 6.54 Å². The molecule has 1 saturated heterocycles. The van der Waals surface area contributed by atoms with E-state index < -0.39 is 0 Å². The van der Waals surface area contributed by atoms with Crippen molar-refractivity contribution in [1.82, 2.24) is 10.3 Å². The third-order valence-electron chi connectivity index (χ3n) is 5.84. The van der Waals surface area contributed by atoms with Gasteiger partial charge in [-0.25, -0.2) is 4.79 Å². The number of nitrogens with zero attached hydrogens (tertiary/aromatic N) is 2. The zero-order valence-corrected chi connectivity index (χ0v) is 19.0. The van der Waals surface area contributed by atoms with Gasteiger partial charge in [0.15, 0.2) is 0 Å². The van der Waals surface area contributed by atoms with Gasteiger partial charge in [0, 0.05) is 49.1 Å². The van der Waals surface area contributed by atoms with E-state index in [0.717, 1.165) is 54.0 Å². The lowest BCUT2D eigenvalue weighted by atomic mass is 10.1. The Balaban J connectivity index is 1.52. The van der Waals surface area contributed by atoms with E-state index in [0.29, 0.717) is 17.8 Å². The molecule has 1 aromatic heterocycles. The van der Waals surface area contributed by atoms with Crippen LogP contribution in [-0.4, -0.2) is 30.0 Å². The molecule has 1 aliphatic rings. The Labute approximate surface area is 194 Å². The van der Waals surface area contributed by atoms with Crippen LogP contribution in [0, 0.1) is 13.8 Å². The summed E-state index contributed by atoms with van der Waals surface area (Å²) in [5, 5.41) is 8.78. The molecular formula is C26H29N5O2. The van der Waals surface area contributed by atoms with Gasteiger partial charge in [-0.1, -0.05) is 24.3 Å². The number of rotatable bonds is 6. The van der Waals surface area contributed by atoms with Gasteiger partial charge in [0.25, 0.3) is 5.91 Å². The molecule has 3 N–H and O–H groups in total. The number of anilines is 3. The van der Waals surface area contributed by atoms with Crippen molar-refractivity contribution in [3.63, 3.8) is 0 Å². The third-order valence-corrected chi connectivity index (χ3v) is 5.84. The van der Waals surface area contributed by atoms with Crippen LogP contribution in [0.4, 0.5) is 21.9 Å². The van der Waals surface area contributed by atoms with Crippen LogP contribution in [0.5, 0.6) is 0 Å². The first-order valence-electron chi connectivity index (χ1n) is 11.2. The molecule has 0 aliphatic carbocycles. The van der Waals surface area contributed by atoms with Crippen molar-refractivity contribution in [2.45, 2.75) is 33.2 Å². The fourth-order valence-electron chi connectivity index (χ4n) is 4.10. The van der Waals surface area contributed by atoms with E-state index in [9.17, 15) is 9.59 Å². The summed E-state index contributed by atoms with van der Waals surface area (Å²) in [6.45, 7) is 6.14. The van der Waals surface area contributed by atoms with E-state index in [1.165, 1.54) is 0 Å². The van der Waals surface area contributed by atoms with E-state index in [2.05, 4.69) is 25.8 Å². The summed E-state index contributed by atoms with van der Waals surface area (Å²) in [6.07, 6.45) is 5.65. The van der Waals surface area contributed by atoms with Gasteiger partial charge in [-0.15, -0.1) is 0 Å². The van der Waals surface area contributed by atoms with Crippen molar-refractivity contribution in [1.29, 1.82) is 0 Å². The molecule has 2 heterocycles. The van der Waals surface area contributed by atoms with E-state index in [1.54, 1.807) is 18.5 Å². The fourth-order valence-corrected chi connectivity index (χ4v) is 4.10. The van der Waals surface area contributed by atoms with Gasteiger partial charge in [-0.05, 0) is 67.6 Å².